The SMILES string of the molecule is CC1(C)C(Cl)CC1NCCC1CCCO1. The predicted molar refractivity (Wildman–Crippen MR) is 63.4 cm³/mol. The average Bonchev–Trinajstić information content (AvgIpc) is 2.69. The van der Waals surface area contributed by atoms with Gasteiger partial charge < -0.3 is 10.1 Å². The summed E-state index contributed by atoms with van der Waals surface area (Å²) in [5.74, 6) is 0. The Morgan fingerprint density at radius 1 is 1.47 bits per heavy atom. The van der Waals surface area contributed by atoms with Gasteiger partial charge in [0.2, 0.25) is 0 Å². The molecule has 88 valence electrons. The van der Waals surface area contributed by atoms with E-state index in [1.165, 1.54) is 12.8 Å². The normalized spacial score (nSPS) is 39.0. The molecule has 0 aromatic heterocycles. The van der Waals surface area contributed by atoms with Crippen LogP contribution in [-0.2, 0) is 4.74 Å². The largest absolute Gasteiger partial charge is 0.378 e. The summed E-state index contributed by atoms with van der Waals surface area (Å²) in [5.41, 5.74) is 0.262. The third kappa shape index (κ3) is 2.48. The molecule has 0 aromatic carbocycles. The molecular formula is C12H22ClNO. The first-order valence-electron chi connectivity index (χ1n) is 6.10. The Hall–Kier alpha value is 0.210. The van der Waals surface area contributed by atoms with Crippen molar-refractivity contribution in [3.8, 4) is 0 Å². The summed E-state index contributed by atoms with van der Waals surface area (Å²) in [4.78, 5) is 0. The van der Waals surface area contributed by atoms with Crippen LogP contribution in [0, 0.1) is 5.41 Å². The summed E-state index contributed by atoms with van der Waals surface area (Å²) in [6.07, 6.45) is 5.25. The van der Waals surface area contributed by atoms with Crippen LogP contribution in [0.5, 0.6) is 0 Å². The fourth-order valence-electron chi connectivity index (χ4n) is 2.51. The maximum atomic E-state index is 6.18. The molecule has 2 aliphatic rings. The lowest BCUT2D eigenvalue weighted by atomic mass is 9.67. The highest BCUT2D eigenvalue weighted by Gasteiger charge is 2.46. The Balaban J connectivity index is 1.62. The zero-order valence-electron chi connectivity index (χ0n) is 9.76. The molecule has 1 heterocycles. The summed E-state index contributed by atoms with van der Waals surface area (Å²) in [6.45, 7) is 6.53. The number of ether oxygens (including phenoxy) is 1. The van der Waals surface area contributed by atoms with E-state index in [0.717, 1.165) is 26.0 Å². The van der Waals surface area contributed by atoms with Crippen molar-refractivity contribution in [2.24, 2.45) is 5.41 Å². The Bertz CT molecular complexity index is 214. The fourth-order valence-corrected chi connectivity index (χ4v) is 2.84. The van der Waals surface area contributed by atoms with Gasteiger partial charge in [0.15, 0.2) is 0 Å². The Labute approximate surface area is 97.7 Å². The number of rotatable bonds is 4. The number of hydrogen-bond acceptors (Lipinski definition) is 2. The molecule has 1 N–H and O–H groups in total. The van der Waals surface area contributed by atoms with Crippen LogP contribution in [0.1, 0.15) is 39.5 Å². The smallest absolute Gasteiger partial charge is 0.0588 e. The number of alkyl halides is 1. The molecule has 2 fully saturated rings. The monoisotopic (exact) mass is 231 g/mol. The Kier molecular flexibility index (Phi) is 3.59. The number of hydrogen-bond donors (Lipinski definition) is 1. The molecule has 2 nitrogen and oxygen atoms in total. The van der Waals surface area contributed by atoms with Gasteiger partial charge in [-0.2, -0.15) is 0 Å². The molecule has 3 heteroatoms. The van der Waals surface area contributed by atoms with Gasteiger partial charge in [0.05, 0.1) is 6.10 Å². The number of halogens is 1. The van der Waals surface area contributed by atoms with Gasteiger partial charge in [-0.3, -0.25) is 0 Å². The van der Waals surface area contributed by atoms with E-state index in [-0.39, 0.29) is 5.41 Å². The molecule has 2 rings (SSSR count). The van der Waals surface area contributed by atoms with E-state index in [9.17, 15) is 0 Å². The maximum Gasteiger partial charge on any atom is 0.0588 e. The van der Waals surface area contributed by atoms with Crippen LogP contribution in [0.25, 0.3) is 0 Å². The molecule has 1 saturated heterocycles. The van der Waals surface area contributed by atoms with E-state index in [4.69, 9.17) is 16.3 Å². The lowest BCUT2D eigenvalue weighted by molar-refractivity contribution is 0.0879. The molecule has 1 aliphatic carbocycles. The third-order valence-corrected chi connectivity index (χ3v) is 4.77. The quantitative estimate of drug-likeness (QED) is 0.751. The second-order valence-corrected chi connectivity index (χ2v) is 5.98. The van der Waals surface area contributed by atoms with Crippen LogP contribution in [0.3, 0.4) is 0 Å². The first kappa shape index (κ1) is 11.7. The summed E-state index contributed by atoms with van der Waals surface area (Å²) in [6, 6.07) is 0.599. The van der Waals surface area contributed by atoms with E-state index in [2.05, 4.69) is 19.2 Å². The molecule has 15 heavy (non-hydrogen) atoms. The second kappa shape index (κ2) is 4.60. The van der Waals surface area contributed by atoms with Crippen molar-refractivity contribution in [3.05, 3.63) is 0 Å². The fraction of sp³-hybridized carbons (Fsp3) is 1.00. The zero-order valence-corrected chi connectivity index (χ0v) is 10.5. The number of nitrogens with one attached hydrogen (secondary N) is 1. The molecule has 1 saturated carbocycles. The highest BCUT2D eigenvalue weighted by atomic mass is 35.5. The van der Waals surface area contributed by atoms with Crippen molar-refractivity contribution in [2.45, 2.75) is 57.1 Å². The first-order chi connectivity index (χ1) is 7.10. The minimum absolute atomic E-state index is 0.262. The van der Waals surface area contributed by atoms with Crippen LogP contribution >= 0.6 is 11.6 Å². The summed E-state index contributed by atoms with van der Waals surface area (Å²) in [7, 11) is 0. The van der Waals surface area contributed by atoms with Gasteiger partial charge in [-0.25, -0.2) is 0 Å². The van der Waals surface area contributed by atoms with Crippen LogP contribution < -0.4 is 5.32 Å². The zero-order chi connectivity index (χ0) is 10.9. The van der Waals surface area contributed by atoms with Crippen molar-refractivity contribution in [1.29, 1.82) is 0 Å². The molecular weight excluding hydrogens is 210 g/mol. The summed E-state index contributed by atoms with van der Waals surface area (Å²) < 4.78 is 5.59. The molecule has 0 bridgehead atoms. The van der Waals surface area contributed by atoms with Gasteiger partial charge in [-0.15, -0.1) is 11.6 Å². The van der Waals surface area contributed by atoms with Crippen molar-refractivity contribution < 1.29 is 4.74 Å². The third-order valence-electron chi connectivity index (χ3n) is 4.03. The highest BCUT2D eigenvalue weighted by Crippen LogP contribution is 2.44. The average molecular weight is 232 g/mol. The van der Waals surface area contributed by atoms with E-state index in [0.29, 0.717) is 17.5 Å². The maximum absolute atomic E-state index is 6.18. The van der Waals surface area contributed by atoms with Gasteiger partial charge in [-0.1, -0.05) is 13.8 Å². The molecule has 0 amide bonds. The standard InChI is InChI=1S/C12H22ClNO/c1-12(2)10(13)8-11(12)14-6-5-9-4-3-7-15-9/h9-11,14H,3-8H2,1-2H3. The van der Waals surface area contributed by atoms with Crippen LogP contribution in [0.4, 0.5) is 0 Å². The minimum atomic E-state index is 0.262. The topological polar surface area (TPSA) is 21.3 Å². The molecule has 3 unspecified atom stereocenters. The van der Waals surface area contributed by atoms with Gasteiger partial charge in [0.25, 0.3) is 0 Å². The van der Waals surface area contributed by atoms with Gasteiger partial charge in [-0.05, 0) is 37.6 Å². The molecule has 3 atom stereocenters. The molecule has 0 spiro atoms. The molecule has 1 aliphatic heterocycles. The van der Waals surface area contributed by atoms with E-state index in [1.54, 1.807) is 0 Å². The van der Waals surface area contributed by atoms with Gasteiger partial charge in [0.1, 0.15) is 0 Å². The van der Waals surface area contributed by atoms with Crippen molar-refractivity contribution in [1.82, 2.24) is 5.32 Å². The van der Waals surface area contributed by atoms with Crippen molar-refractivity contribution in [3.63, 3.8) is 0 Å². The van der Waals surface area contributed by atoms with E-state index < -0.39 is 0 Å². The lowest BCUT2D eigenvalue weighted by Crippen LogP contribution is -2.58. The van der Waals surface area contributed by atoms with E-state index in [1.807, 2.05) is 0 Å². The molecule has 0 radical (unpaired) electrons. The second-order valence-electron chi connectivity index (χ2n) is 5.46. The Morgan fingerprint density at radius 2 is 2.27 bits per heavy atom. The van der Waals surface area contributed by atoms with Crippen LogP contribution in [0.15, 0.2) is 0 Å². The van der Waals surface area contributed by atoms with Crippen molar-refractivity contribution in [2.75, 3.05) is 13.2 Å². The van der Waals surface area contributed by atoms with E-state index >= 15 is 0 Å². The highest BCUT2D eigenvalue weighted by molar-refractivity contribution is 6.21. The minimum Gasteiger partial charge on any atom is -0.378 e. The lowest BCUT2D eigenvalue weighted by Gasteiger charge is -2.49. The van der Waals surface area contributed by atoms with Crippen LogP contribution in [-0.4, -0.2) is 30.7 Å². The van der Waals surface area contributed by atoms with Crippen LogP contribution in [0.2, 0.25) is 0 Å². The summed E-state index contributed by atoms with van der Waals surface area (Å²) in [5, 5.41) is 3.95. The van der Waals surface area contributed by atoms with Gasteiger partial charge in [0, 0.05) is 18.0 Å². The predicted octanol–water partition coefficient (Wildman–Crippen LogP) is 2.55. The Morgan fingerprint density at radius 3 is 2.80 bits per heavy atom. The molecule has 0 aromatic rings. The van der Waals surface area contributed by atoms with Crippen molar-refractivity contribution >= 4 is 11.6 Å². The summed E-state index contributed by atoms with van der Waals surface area (Å²) >= 11 is 6.18. The first-order valence-corrected chi connectivity index (χ1v) is 6.53. The van der Waals surface area contributed by atoms with Gasteiger partial charge >= 0.3 is 0 Å².